The molecule has 130 valence electrons. The van der Waals surface area contributed by atoms with Gasteiger partial charge in [0.15, 0.2) is 0 Å². The Morgan fingerprint density at radius 2 is 1.83 bits per heavy atom. The number of rotatable bonds is 2. The van der Waals surface area contributed by atoms with Crippen LogP contribution in [0.15, 0.2) is 0 Å². The molecule has 4 aliphatic rings. The number of halogens is 2. The first-order chi connectivity index (χ1) is 10.3. The number of carbonyl (C=O) groups excluding carboxylic acids is 1. The minimum absolute atomic E-state index is 0. The molecule has 1 saturated carbocycles. The molecule has 4 rings (SSSR count). The van der Waals surface area contributed by atoms with Gasteiger partial charge in [0.05, 0.1) is 12.1 Å². The van der Waals surface area contributed by atoms with E-state index in [1.165, 1.54) is 32.4 Å². The van der Waals surface area contributed by atoms with Gasteiger partial charge in [0, 0.05) is 18.6 Å². The van der Waals surface area contributed by atoms with Gasteiger partial charge in [0.2, 0.25) is 5.91 Å². The maximum Gasteiger partial charge on any atom is 0.241 e. The van der Waals surface area contributed by atoms with E-state index >= 15 is 0 Å². The molecule has 0 aromatic heterocycles. The van der Waals surface area contributed by atoms with Crippen LogP contribution in [-0.4, -0.2) is 59.5 Å². The summed E-state index contributed by atoms with van der Waals surface area (Å²) in [5, 5.41) is 12.8. The lowest BCUT2D eigenvalue weighted by Gasteiger charge is -2.36. The molecule has 0 radical (unpaired) electrons. The molecule has 23 heavy (non-hydrogen) atoms. The Balaban J connectivity index is 0.000000960. The molecule has 3 saturated heterocycles. The first-order valence-electron chi connectivity index (χ1n) is 8.48. The summed E-state index contributed by atoms with van der Waals surface area (Å²) in [6, 6.07) is 3.21. The molecular weight excluding hydrogens is 335 g/mol. The van der Waals surface area contributed by atoms with Crippen LogP contribution in [0, 0.1) is 17.2 Å². The van der Waals surface area contributed by atoms with Gasteiger partial charge in [-0.1, -0.05) is 0 Å². The molecule has 3 heterocycles. The first-order valence-corrected chi connectivity index (χ1v) is 8.48. The number of nitrogens with zero attached hydrogens (tertiary/aromatic N) is 3. The van der Waals surface area contributed by atoms with Crippen LogP contribution < -0.4 is 5.32 Å². The van der Waals surface area contributed by atoms with Crippen molar-refractivity contribution in [3.05, 3.63) is 0 Å². The molecular formula is C16H26Cl2N4O. The standard InChI is InChI=1S/C16H24N4O.2ClH/c17-10-12-4-3-7-20(12)16(21)15-11-8-13(18-15)14(9-11)19-5-1-2-6-19;;/h11-15,18H,1-9H2;2*1H/t11-,12-,13+,14+,15-;;/m0../s1. The second-order valence-corrected chi connectivity index (χ2v) is 7.11. The lowest BCUT2D eigenvalue weighted by atomic mass is 9.96. The van der Waals surface area contributed by atoms with Crippen molar-refractivity contribution in [2.24, 2.45) is 5.92 Å². The number of piperidine rings is 1. The number of amides is 1. The SMILES string of the molecule is Cl.Cl.N#C[C@@H]1CCCN1C(=O)[C@H]1N[C@@H]2C[C@H]1C[C@H]2N1CCCC1. The van der Waals surface area contributed by atoms with E-state index in [0.29, 0.717) is 18.0 Å². The second kappa shape index (κ2) is 7.57. The molecule has 0 unspecified atom stereocenters. The minimum Gasteiger partial charge on any atom is -0.325 e. The summed E-state index contributed by atoms with van der Waals surface area (Å²) in [4.78, 5) is 17.2. The van der Waals surface area contributed by atoms with Crippen LogP contribution in [-0.2, 0) is 4.79 Å². The zero-order valence-corrected chi connectivity index (χ0v) is 15.0. The lowest BCUT2D eigenvalue weighted by molar-refractivity contribution is -0.134. The Morgan fingerprint density at radius 3 is 2.43 bits per heavy atom. The second-order valence-electron chi connectivity index (χ2n) is 7.11. The number of fused-ring (bicyclic) bond motifs is 2. The smallest absolute Gasteiger partial charge is 0.241 e. The number of likely N-dealkylation sites (tertiary alicyclic amines) is 2. The minimum atomic E-state index is -0.187. The molecule has 2 bridgehead atoms. The molecule has 3 aliphatic heterocycles. The van der Waals surface area contributed by atoms with Gasteiger partial charge in [-0.3, -0.25) is 9.69 Å². The third kappa shape index (κ3) is 3.19. The van der Waals surface area contributed by atoms with Crippen LogP contribution in [0.1, 0.15) is 38.5 Å². The molecule has 7 heteroatoms. The number of carbonyl (C=O) groups is 1. The van der Waals surface area contributed by atoms with E-state index < -0.39 is 0 Å². The predicted molar refractivity (Wildman–Crippen MR) is 92.9 cm³/mol. The maximum atomic E-state index is 12.7. The van der Waals surface area contributed by atoms with E-state index in [2.05, 4.69) is 16.3 Å². The highest BCUT2D eigenvalue weighted by molar-refractivity contribution is 5.85. The van der Waals surface area contributed by atoms with Crippen molar-refractivity contribution in [1.29, 1.82) is 5.26 Å². The zero-order chi connectivity index (χ0) is 14.4. The fraction of sp³-hybridized carbons (Fsp3) is 0.875. The Hall–Kier alpha value is -0.540. The van der Waals surface area contributed by atoms with Crippen molar-refractivity contribution in [2.45, 2.75) is 62.7 Å². The van der Waals surface area contributed by atoms with Crippen LogP contribution in [0.5, 0.6) is 0 Å². The van der Waals surface area contributed by atoms with Crippen molar-refractivity contribution in [3.63, 3.8) is 0 Å². The fourth-order valence-corrected chi connectivity index (χ4v) is 4.96. The first kappa shape index (κ1) is 18.8. The maximum absolute atomic E-state index is 12.7. The normalized spacial score (nSPS) is 38.9. The molecule has 4 fully saturated rings. The predicted octanol–water partition coefficient (Wildman–Crippen LogP) is 1.56. The molecule has 1 aliphatic carbocycles. The summed E-state index contributed by atoms with van der Waals surface area (Å²) in [7, 11) is 0. The van der Waals surface area contributed by atoms with E-state index in [1.807, 2.05) is 4.90 Å². The third-order valence-electron chi connectivity index (χ3n) is 5.99. The fourth-order valence-electron chi connectivity index (χ4n) is 4.96. The molecule has 0 spiro atoms. The Labute approximate surface area is 150 Å². The van der Waals surface area contributed by atoms with Crippen molar-refractivity contribution >= 4 is 30.7 Å². The highest BCUT2D eigenvalue weighted by atomic mass is 35.5. The molecule has 1 N–H and O–H groups in total. The highest BCUT2D eigenvalue weighted by Gasteiger charge is 2.51. The summed E-state index contributed by atoms with van der Waals surface area (Å²) in [6.07, 6.45) is 6.78. The zero-order valence-electron chi connectivity index (χ0n) is 13.3. The van der Waals surface area contributed by atoms with Gasteiger partial charge in [-0.2, -0.15) is 5.26 Å². The molecule has 5 atom stereocenters. The monoisotopic (exact) mass is 360 g/mol. The van der Waals surface area contributed by atoms with E-state index in [9.17, 15) is 10.1 Å². The van der Waals surface area contributed by atoms with E-state index in [0.717, 1.165) is 25.8 Å². The van der Waals surface area contributed by atoms with Gasteiger partial charge in [0.25, 0.3) is 0 Å². The molecule has 1 amide bonds. The van der Waals surface area contributed by atoms with Gasteiger partial charge in [-0.15, -0.1) is 24.8 Å². The van der Waals surface area contributed by atoms with Crippen LogP contribution in [0.4, 0.5) is 0 Å². The van der Waals surface area contributed by atoms with Crippen LogP contribution in [0.2, 0.25) is 0 Å². The van der Waals surface area contributed by atoms with Crippen molar-refractivity contribution in [1.82, 2.24) is 15.1 Å². The van der Waals surface area contributed by atoms with Crippen LogP contribution in [0.25, 0.3) is 0 Å². The van der Waals surface area contributed by atoms with E-state index in [1.54, 1.807) is 0 Å². The topological polar surface area (TPSA) is 59.4 Å². The molecule has 0 aromatic carbocycles. The number of hydrogen-bond donors (Lipinski definition) is 1. The third-order valence-corrected chi connectivity index (χ3v) is 5.99. The van der Waals surface area contributed by atoms with Crippen molar-refractivity contribution in [2.75, 3.05) is 19.6 Å². The lowest BCUT2D eigenvalue weighted by Crippen LogP contribution is -2.56. The van der Waals surface area contributed by atoms with Gasteiger partial charge < -0.3 is 10.2 Å². The highest BCUT2D eigenvalue weighted by Crippen LogP contribution is 2.40. The van der Waals surface area contributed by atoms with Crippen LogP contribution in [0.3, 0.4) is 0 Å². The largest absolute Gasteiger partial charge is 0.325 e. The molecule has 0 aromatic rings. The average Bonchev–Trinajstić information content (AvgIpc) is 3.28. The number of hydrogen-bond acceptors (Lipinski definition) is 4. The van der Waals surface area contributed by atoms with Crippen LogP contribution >= 0.6 is 24.8 Å². The summed E-state index contributed by atoms with van der Waals surface area (Å²) >= 11 is 0. The summed E-state index contributed by atoms with van der Waals surface area (Å²) in [5.41, 5.74) is 0. The Morgan fingerprint density at radius 1 is 1.09 bits per heavy atom. The number of nitrogens with one attached hydrogen (secondary N) is 1. The summed E-state index contributed by atoms with van der Waals surface area (Å²) in [5.74, 6) is 0.666. The molecule has 5 nitrogen and oxygen atoms in total. The average molecular weight is 361 g/mol. The van der Waals surface area contributed by atoms with E-state index in [-0.39, 0.29) is 42.8 Å². The van der Waals surface area contributed by atoms with Crippen molar-refractivity contribution in [3.8, 4) is 6.07 Å². The summed E-state index contributed by atoms with van der Waals surface area (Å²) in [6.45, 7) is 3.23. The van der Waals surface area contributed by atoms with Gasteiger partial charge in [0.1, 0.15) is 6.04 Å². The quantitative estimate of drug-likeness (QED) is 0.811. The van der Waals surface area contributed by atoms with Gasteiger partial charge >= 0.3 is 0 Å². The Bertz CT molecular complexity index is 477. The van der Waals surface area contributed by atoms with Gasteiger partial charge in [-0.05, 0) is 57.5 Å². The summed E-state index contributed by atoms with van der Waals surface area (Å²) < 4.78 is 0. The number of nitriles is 1. The van der Waals surface area contributed by atoms with E-state index in [4.69, 9.17) is 0 Å². The van der Waals surface area contributed by atoms with Crippen molar-refractivity contribution < 1.29 is 4.79 Å². The Kier molecular flexibility index (Phi) is 6.18. The van der Waals surface area contributed by atoms with Gasteiger partial charge in [-0.25, -0.2) is 0 Å².